The van der Waals surface area contributed by atoms with Crippen molar-refractivity contribution in [3.8, 4) is 23.3 Å². The minimum Gasteiger partial charge on any atom is -0.385 e. The van der Waals surface area contributed by atoms with E-state index < -0.39 is 19.7 Å². The molecule has 0 saturated carbocycles. The van der Waals surface area contributed by atoms with Gasteiger partial charge in [0.05, 0.1) is 0 Å². The van der Waals surface area contributed by atoms with Crippen molar-refractivity contribution in [2.75, 3.05) is 14.2 Å². The van der Waals surface area contributed by atoms with Gasteiger partial charge in [0.25, 0.3) is 8.32 Å². The summed E-state index contributed by atoms with van der Waals surface area (Å²) in [5.41, 5.74) is 4.44. The summed E-state index contributed by atoms with van der Waals surface area (Å²) in [5, 5.41) is 0. The van der Waals surface area contributed by atoms with E-state index in [4.69, 9.17) is 13.9 Å². The Balaban J connectivity index is 1.96. The summed E-state index contributed by atoms with van der Waals surface area (Å²) in [7, 11) is 0.958. The molecule has 0 spiro atoms. The normalized spacial score (nSPS) is 25.7. The van der Waals surface area contributed by atoms with Gasteiger partial charge in [0.15, 0.2) is 5.60 Å². The van der Waals surface area contributed by atoms with Gasteiger partial charge in [-0.2, -0.15) is 0 Å². The highest BCUT2D eigenvalue weighted by molar-refractivity contribution is 6.80. The smallest absolute Gasteiger partial charge is 0.271 e. The Kier molecular flexibility index (Phi) is 6.08. The van der Waals surface area contributed by atoms with Gasteiger partial charge in [-0.1, -0.05) is 59.7 Å². The fourth-order valence-electron chi connectivity index (χ4n) is 3.55. The molecule has 2 aromatic carbocycles. The monoisotopic (exact) mass is 390 g/mol. The van der Waals surface area contributed by atoms with Gasteiger partial charge in [0, 0.05) is 31.8 Å². The molecular formula is C24H26O3Si. The standard InChI is InChI=1S/C24H26O3Si/c1-23(17-15-21-11-7-5-8-12-21)24(25-2,26-3)18-20-28(4,27-23)19-16-22-13-9-6-10-14-22/h5-14H,18,20H2,1-4H3. The summed E-state index contributed by atoms with van der Waals surface area (Å²) >= 11 is 0. The lowest BCUT2D eigenvalue weighted by atomic mass is 9.92. The summed E-state index contributed by atoms with van der Waals surface area (Å²) in [6, 6.07) is 20.7. The summed E-state index contributed by atoms with van der Waals surface area (Å²) in [6.45, 7) is 4.09. The van der Waals surface area contributed by atoms with Crippen LogP contribution in [0.15, 0.2) is 60.7 Å². The van der Waals surface area contributed by atoms with Gasteiger partial charge in [0.1, 0.15) is 0 Å². The molecule has 3 rings (SSSR count). The molecule has 1 aliphatic rings. The van der Waals surface area contributed by atoms with Gasteiger partial charge >= 0.3 is 0 Å². The lowest BCUT2D eigenvalue weighted by molar-refractivity contribution is -0.281. The maximum absolute atomic E-state index is 6.64. The van der Waals surface area contributed by atoms with Crippen LogP contribution in [0.25, 0.3) is 0 Å². The number of ether oxygens (including phenoxy) is 2. The molecule has 0 amide bonds. The molecule has 1 fully saturated rings. The zero-order valence-electron chi connectivity index (χ0n) is 16.9. The highest BCUT2D eigenvalue weighted by atomic mass is 28.4. The minimum absolute atomic E-state index is 0.687. The average molecular weight is 391 g/mol. The minimum atomic E-state index is -2.34. The number of benzene rings is 2. The van der Waals surface area contributed by atoms with E-state index in [-0.39, 0.29) is 0 Å². The molecule has 0 radical (unpaired) electrons. The lowest BCUT2D eigenvalue weighted by Gasteiger charge is -2.50. The summed E-state index contributed by atoms with van der Waals surface area (Å²) in [4.78, 5) is 0. The largest absolute Gasteiger partial charge is 0.385 e. The fraction of sp³-hybridized carbons (Fsp3) is 0.333. The van der Waals surface area contributed by atoms with Crippen LogP contribution >= 0.6 is 0 Å². The number of hydrogen-bond donors (Lipinski definition) is 0. The molecule has 2 aromatic rings. The zero-order chi connectivity index (χ0) is 20.1. The Morgan fingerprint density at radius 1 is 0.893 bits per heavy atom. The quantitative estimate of drug-likeness (QED) is 0.433. The highest BCUT2D eigenvalue weighted by Crippen LogP contribution is 2.43. The molecule has 2 atom stereocenters. The molecule has 2 unspecified atom stereocenters. The maximum atomic E-state index is 6.64. The van der Waals surface area contributed by atoms with Crippen molar-refractivity contribution >= 4 is 8.32 Å². The van der Waals surface area contributed by atoms with E-state index in [2.05, 4.69) is 29.9 Å². The van der Waals surface area contributed by atoms with Gasteiger partial charge < -0.3 is 13.9 Å². The molecule has 144 valence electrons. The van der Waals surface area contributed by atoms with Crippen molar-refractivity contribution in [3.05, 3.63) is 71.8 Å². The second-order valence-corrected chi connectivity index (χ2v) is 10.7. The Morgan fingerprint density at radius 3 is 1.96 bits per heavy atom. The maximum Gasteiger partial charge on any atom is 0.271 e. The van der Waals surface area contributed by atoms with E-state index in [1.54, 1.807) is 14.2 Å². The molecule has 0 aliphatic carbocycles. The predicted octanol–water partition coefficient (Wildman–Crippen LogP) is 4.37. The van der Waals surface area contributed by atoms with Crippen LogP contribution in [0.5, 0.6) is 0 Å². The Labute approximate surface area is 169 Å². The first-order chi connectivity index (χ1) is 13.4. The van der Waals surface area contributed by atoms with E-state index in [1.807, 2.05) is 67.6 Å². The molecule has 1 heterocycles. The van der Waals surface area contributed by atoms with Crippen LogP contribution in [0, 0.1) is 23.3 Å². The third-order valence-electron chi connectivity index (χ3n) is 5.21. The van der Waals surface area contributed by atoms with Gasteiger partial charge in [-0.25, -0.2) is 0 Å². The van der Waals surface area contributed by atoms with Crippen molar-refractivity contribution in [2.45, 2.75) is 37.3 Å². The van der Waals surface area contributed by atoms with Gasteiger partial charge in [-0.3, -0.25) is 0 Å². The molecule has 0 bridgehead atoms. The van der Waals surface area contributed by atoms with Crippen LogP contribution in [0.2, 0.25) is 12.6 Å². The van der Waals surface area contributed by atoms with E-state index in [9.17, 15) is 0 Å². The third kappa shape index (κ3) is 4.22. The first kappa shape index (κ1) is 20.4. The predicted molar refractivity (Wildman–Crippen MR) is 114 cm³/mol. The second kappa shape index (κ2) is 8.35. The van der Waals surface area contributed by atoms with Gasteiger partial charge in [-0.15, -0.1) is 0 Å². The second-order valence-electron chi connectivity index (χ2n) is 7.26. The van der Waals surface area contributed by atoms with Crippen molar-refractivity contribution < 1.29 is 13.9 Å². The summed E-state index contributed by atoms with van der Waals surface area (Å²) in [5.74, 6) is 8.90. The summed E-state index contributed by atoms with van der Waals surface area (Å²) in [6.07, 6.45) is 0.687. The van der Waals surface area contributed by atoms with Crippen LogP contribution in [-0.2, 0) is 13.9 Å². The first-order valence-electron chi connectivity index (χ1n) is 9.41. The molecule has 1 saturated heterocycles. The number of rotatable bonds is 2. The first-order valence-corrected chi connectivity index (χ1v) is 12.0. The van der Waals surface area contributed by atoms with Gasteiger partial charge in [-0.05, 0) is 43.8 Å². The van der Waals surface area contributed by atoms with Crippen molar-refractivity contribution in [1.29, 1.82) is 0 Å². The van der Waals surface area contributed by atoms with E-state index in [1.165, 1.54) is 0 Å². The van der Waals surface area contributed by atoms with E-state index in [0.717, 1.165) is 17.2 Å². The summed E-state index contributed by atoms with van der Waals surface area (Å²) < 4.78 is 18.3. The van der Waals surface area contributed by atoms with Crippen LogP contribution < -0.4 is 0 Å². The van der Waals surface area contributed by atoms with Crippen LogP contribution in [0.4, 0.5) is 0 Å². The molecule has 0 N–H and O–H groups in total. The van der Waals surface area contributed by atoms with E-state index >= 15 is 0 Å². The SMILES string of the molecule is COC1(OC)CC[Si](C)(C#Cc2ccccc2)OC1(C)C#Cc1ccccc1. The molecular weight excluding hydrogens is 364 g/mol. The lowest BCUT2D eigenvalue weighted by Crippen LogP contribution is -2.64. The Bertz CT molecular complexity index is 916. The average Bonchev–Trinajstić information content (AvgIpc) is 2.73. The molecule has 1 aliphatic heterocycles. The topological polar surface area (TPSA) is 27.7 Å². The van der Waals surface area contributed by atoms with E-state index in [0.29, 0.717) is 6.42 Å². The highest BCUT2D eigenvalue weighted by Gasteiger charge is 2.58. The molecule has 3 nitrogen and oxygen atoms in total. The molecule has 0 aromatic heterocycles. The third-order valence-corrected chi connectivity index (χ3v) is 7.93. The van der Waals surface area contributed by atoms with Crippen molar-refractivity contribution in [2.24, 2.45) is 0 Å². The van der Waals surface area contributed by atoms with Crippen LogP contribution in [0.3, 0.4) is 0 Å². The van der Waals surface area contributed by atoms with Crippen LogP contribution in [-0.4, -0.2) is 33.9 Å². The van der Waals surface area contributed by atoms with Gasteiger partial charge in [0.2, 0.25) is 5.79 Å². The zero-order valence-corrected chi connectivity index (χ0v) is 17.9. The van der Waals surface area contributed by atoms with Crippen LogP contribution in [0.1, 0.15) is 24.5 Å². The molecule has 28 heavy (non-hydrogen) atoms. The molecule has 4 heteroatoms. The number of hydrogen-bond acceptors (Lipinski definition) is 3. The van der Waals surface area contributed by atoms with Crippen molar-refractivity contribution in [1.82, 2.24) is 0 Å². The Hall–Kier alpha value is -2.34. The Morgan fingerprint density at radius 2 is 1.43 bits per heavy atom. The number of methoxy groups -OCH3 is 2. The fourth-order valence-corrected chi connectivity index (χ4v) is 6.15. The van der Waals surface area contributed by atoms with Crippen molar-refractivity contribution in [3.63, 3.8) is 0 Å².